The second-order valence-corrected chi connectivity index (χ2v) is 13.6. The Morgan fingerprint density at radius 2 is 1.75 bits per heavy atom. The van der Waals surface area contributed by atoms with Crippen LogP contribution in [-0.4, -0.2) is 47.6 Å². The standard InChI is InChI=1S/C27H28ClF4N3O4S/c28-23-12-33-25(11-22(23)27(30,31)32)39-18-8-16-3-4-17(9-18)35(16)13-15-7-24(29)21(10-20(15)14-1-2-14)26(36)34-40(37,38)19-5-6-19/h7,10-12,14,16-19H,1-6,8-9,13H2,(H,34,36)/t16-,17+,18?. The van der Waals surface area contributed by atoms with Crippen molar-refractivity contribution in [1.82, 2.24) is 14.6 Å². The Labute approximate surface area is 234 Å². The van der Waals surface area contributed by atoms with E-state index in [9.17, 15) is 26.4 Å². The molecule has 4 aliphatic rings. The van der Waals surface area contributed by atoms with Gasteiger partial charge in [-0.05, 0) is 80.5 Å². The van der Waals surface area contributed by atoms with Crippen molar-refractivity contribution < 1.29 is 35.5 Å². The number of alkyl halides is 3. The van der Waals surface area contributed by atoms with E-state index < -0.39 is 43.8 Å². The van der Waals surface area contributed by atoms with Crippen LogP contribution < -0.4 is 9.46 Å². The van der Waals surface area contributed by atoms with E-state index in [0.717, 1.165) is 49.1 Å². The molecule has 40 heavy (non-hydrogen) atoms. The average molecular weight is 602 g/mol. The zero-order valence-electron chi connectivity index (χ0n) is 21.4. The molecule has 2 aliphatic heterocycles. The molecule has 3 heterocycles. The van der Waals surface area contributed by atoms with E-state index in [2.05, 4.69) is 9.88 Å². The van der Waals surface area contributed by atoms with Gasteiger partial charge in [-0.3, -0.25) is 9.69 Å². The fraction of sp³-hybridized carbons (Fsp3) is 0.556. The SMILES string of the molecule is O=C(NS(=O)(=O)C1CC1)c1cc(C2CC2)c(CN2[C@@H]3CC[C@H]2CC(Oc2cc(C(F)(F)F)c(Cl)cn2)C3)cc1F. The molecular weight excluding hydrogens is 574 g/mol. The van der Waals surface area contributed by atoms with Crippen molar-refractivity contribution in [3.8, 4) is 5.88 Å². The lowest BCUT2D eigenvalue weighted by Gasteiger charge is -2.39. The summed E-state index contributed by atoms with van der Waals surface area (Å²) in [4.78, 5) is 18.9. The molecular formula is C27H28ClF4N3O4S. The summed E-state index contributed by atoms with van der Waals surface area (Å²) >= 11 is 5.68. The quantitative estimate of drug-likeness (QED) is 0.398. The highest BCUT2D eigenvalue weighted by Gasteiger charge is 2.43. The van der Waals surface area contributed by atoms with Crippen LogP contribution in [0.3, 0.4) is 0 Å². The fourth-order valence-electron chi connectivity index (χ4n) is 6.01. The van der Waals surface area contributed by atoms with Crippen LogP contribution in [0, 0.1) is 5.82 Å². The zero-order valence-corrected chi connectivity index (χ0v) is 23.0. The van der Waals surface area contributed by atoms with E-state index in [0.29, 0.717) is 32.2 Å². The lowest BCUT2D eigenvalue weighted by Crippen LogP contribution is -2.46. The number of carbonyl (C=O) groups is 1. The molecule has 1 unspecified atom stereocenters. The van der Waals surface area contributed by atoms with Crippen LogP contribution in [0.15, 0.2) is 24.4 Å². The number of sulfonamides is 1. The lowest BCUT2D eigenvalue weighted by molar-refractivity contribution is -0.137. The van der Waals surface area contributed by atoms with E-state index >= 15 is 4.39 Å². The number of pyridine rings is 1. The lowest BCUT2D eigenvalue weighted by atomic mass is 9.95. The summed E-state index contributed by atoms with van der Waals surface area (Å²) in [6.07, 6.45) is 1.76. The number of amides is 1. The maximum absolute atomic E-state index is 15.2. The van der Waals surface area contributed by atoms with Gasteiger partial charge in [0.1, 0.15) is 11.9 Å². The highest BCUT2D eigenvalue weighted by atomic mass is 35.5. The minimum absolute atomic E-state index is 0.0971. The molecule has 13 heteroatoms. The molecule has 1 amide bonds. The van der Waals surface area contributed by atoms with E-state index in [4.69, 9.17) is 16.3 Å². The highest BCUT2D eigenvalue weighted by molar-refractivity contribution is 7.91. The summed E-state index contributed by atoms with van der Waals surface area (Å²) in [6, 6.07) is 3.88. The highest BCUT2D eigenvalue weighted by Crippen LogP contribution is 2.45. The number of benzene rings is 1. The minimum atomic E-state index is -4.61. The van der Waals surface area contributed by atoms with Gasteiger partial charge < -0.3 is 4.74 Å². The predicted octanol–water partition coefficient (Wildman–Crippen LogP) is 5.57. The van der Waals surface area contributed by atoms with Crippen LogP contribution in [0.5, 0.6) is 5.88 Å². The molecule has 2 aliphatic carbocycles. The normalized spacial score (nSPS) is 25.2. The first-order valence-corrected chi connectivity index (χ1v) is 15.3. The Hall–Kier alpha value is -2.44. The molecule has 2 aromatic rings. The largest absolute Gasteiger partial charge is 0.474 e. The summed E-state index contributed by atoms with van der Waals surface area (Å²) in [5, 5.41) is -1.08. The third-order valence-electron chi connectivity index (χ3n) is 8.31. The molecule has 1 N–H and O–H groups in total. The van der Waals surface area contributed by atoms with Crippen LogP contribution in [0.25, 0.3) is 0 Å². The fourth-order valence-corrected chi connectivity index (χ4v) is 7.51. The first-order chi connectivity index (χ1) is 18.9. The number of hydrogen-bond donors (Lipinski definition) is 1. The van der Waals surface area contributed by atoms with Gasteiger partial charge in [-0.25, -0.2) is 22.5 Å². The number of ether oxygens (including phenoxy) is 1. The number of rotatable bonds is 8. The maximum Gasteiger partial charge on any atom is 0.418 e. The van der Waals surface area contributed by atoms with Crippen LogP contribution in [-0.2, 0) is 22.7 Å². The molecule has 0 spiro atoms. The number of nitrogens with one attached hydrogen (secondary N) is 1. The van der Waals surface area contributed by atoms with Crippen molar-refractivity contribution >= 4 is 27.5 Å². The van der Waals surface area contributed by atoms with Crippen molar-refractivity contribution in [3.05, 3.63) is 57.5 Å². The van der Waals surface area contributed by atoms with Crippen LogP contribution in [0.4, 0.5) is 17.6 Å². The molecule has 216 valence electrons. The van der Waals surface area contributed by atoms with Crippen molar-refractivity contribution in [2.24, 2.45) is 0 Å². The smallest absolute Gasteiger partial charge is 0.418 e. The molecule has 2 saturated carbocycles. The molecule has 1 aromatic heterocycles. The van der Waals surface area contributed by atoms with Gasteiger partial charge in [0.05, 0.1) is 27.6 Å². The van der Waals surface area contributed by atoms with E-state index in [-0.39, 0.29) is 35.5 Å². The van der Waals surface area contributed by atoms with Gasteiger partial charge in [0.25, 0.3) is 5.91 Å². The Morgan fingerprint density at radius 1 is 1.07 bits per heavy atom. The molecule has 0 radical (unpaired) electrons. The van der Waals surface area contributed by atoms with Gasteiger partial charge in [0.15, 0.2) is 0 Å². The molecule has 4 fully saturated rings. The molecule has 2 saturated heterocycles. The third kappa shape index (κ3) is 5.67. The summed E-state index contributed by atoms with van der Waals surface area (Å²) in [7, 11) is -3.80. The van der Waals surface area contributed by atoms with Crippen LogP contribution >= 0.6 is 11.6 Å². The number of fused-ring (bicyclic) bond motifs is 2. The van der Waals surface area contributed by atoms with Gasteiger partial charge in [-0.15, -0.1) is 0 Å². The van der Waals surface area contributed by atoms with E-state index in [1.807, 2.05) is 4.72 Å². The summed E-state index contributed by atoms with van der Waals surface area (Å²) < 4.78 is 87.2. The maximum atomic E-state index is 15.2. The number of piperidine rings is 1. The van der Waals surface area contributed by atoms with Gasteiger partial charge >= 0.3 is 6.18 Å². The number of carbonyl (C=O) groups excluding carboxylic acids is 1. The number of hydrogen-bond acceptors (Lipinski definition) is 6. The molecule has 6 rings (SSSR count). The monoisotopic (exact) mass is 601 g/mol. The summed E-state index contributed by atoms with van der Waals surface area (Å²) in [5.41, 5.74) is 0.375. The molecule has 2 bridgehead atoms. The second kappa shape index (κ2) is 10.1. The van der Waals surface area contributed by atoms with Gasteiger partial charge in [0, 0.05) is 24.7 Å². The first kappa shape index (κ1) is 27.7. The number of nitrogens with zero attached hydrogens (tertiary/aromatic N) is 2. The van der Waals surface area contributed by atoms with Crippen LogP contribution in [0.1, 0.15) is 84.3 Å². The molecule has 1 aromatic carbocycles. The van der Waals surface area contributed by atoms with Gasteiger partial charge in [0.2, 0.25) is 15.9 Å². The van der Waals surface area contributed by atoms with Gasteiger partial charge in [-0.2, -0.15) is 13.2 Å². The van der Waals surface area contributed by atoms with Crippen LogP contribution in [0.2, 0.25) is 5.02 Å². The Kier molecular flexibility index (Phi) is 7.02. The van der Waals surface area contributed by atoms with Crippen molar-refractivity contribution in [1.29, 1.82) is 0 Å². The third-order valence-corrected chi connectivity index (χ3v) is 10.4. The van der Waals surface area contributed by atoms with E-state index in [1.165, 1.54) is 12.1 Å². The Balaban J connectivity index is 1.16. The minimum Gasteiger partial charge on any atom is -0.474 e. The van der Waals surface area contributed by atoms with Crippen molar-refractivity contribution in [2.75, 3.05) is 0 Å². The summed E-state index contributed by atoms with van der Waals surface area (Å²) in [5.74, 6) is -1.63. The first-order valence-electron chi connectivity index (χ1n) is 13.4. The Morgan fingerprint density at radius 3 is 2.35 bits per heavy atom. The zero-order chi connectivity index (χ0) is 28.4. The van der Waals surface area contributed by atoms with Gasteiger partial charge in [-0.1, -0.05) is 11.6 Å². The number of halogens is 5. The average Bonchev–Trinajstić information content (AvgIpc) is 3.77. The van der Waals surface area contributed by atoms with Crippen molar-refractivity contribution in [2.45, 2.75) is 93.4 Å². The van der Waals surface area contributed by atoms with Crippen molar-refractivity contribution in [3.63, 3.8) is 0 Å². The second-order valence-electron chi connectivity index (χ2n) is 11.2. The van der Waals surface area contributed by atoms with E-state index in [1.54, 1.807) is 0 Å². The number of aromatic nitrogens is 1. The summed E-state index contributed by atoms with van der Waals surface area (Å²) in [6.45, 7) is 0.463. The Bertz CT molecular complexity index is 1430. The molecule has 7 nitrogen and oxygen atoms in total. The predicted molar refractivity (Wildman–Crippen MR) is 138 cm³/mol. The topological polar surface area (TPSA) is 88.6 Å². The molecule has 3 atom stereocenters.